The van der Waals surface area contributed by atoms with E-state index in [0.717, 1.165) is 6.42 Å². The standard InChI is InChI=1S/C17H17NO4/c1-20-14-6-3-2-5-13(14)17(19)18-12-7-8-15-16(11-12)22-10-4-9-21-15/h2-3,5-8,11H,4,9-10H2,1H3,(H,18,19). The number of para-hydroxylation sites is 1. The summed E-state index contributed by atoms with van der Waals surface area (Å²) in [5, 5.41) is 2.85. The number of ether oxygens (including phenoxy) is 3. The van der Waals surface area contributed by atoms with Crippen LogP contribution in [0.5, 0.6) is 17.2 Å². The van der Waals surface area contributed by atoms with Crippen LogP contribution in [-0.4, -0.2) is 26.2 Å². The van der Waals surface area contributed by atoms with Gasteiger partial charge in [-0.1, -0.05) is 12.1 Å². The van der Waals surface area contributed by atoms with Crippen LogP contribution >= 0.6 is 0 Å². The van der Waals surface area contributed by atoms with Gasteiger partial charge in [0.25, 0.3) is 5.91 Å². The van der Waals surface area contributed by atoms with E-state index < -0.39 is 0 Å². The predicted octanol–water partition coefficient (Wildman–Crippen LogP) is 3.11. The van der Waals surface area contributed by atoms with Crippen molar-refractivity contribution in [3.05, 3.63) is 48.0 Å². The molecule has 5 heteroatoms. The lowest BCUT2D eigenvalue weighted by Crippen LogP contribution is -2.13. The topological polar surface area (TPSA) is 56.8 Å². The summed E-state index contributed by atoms with van der Waals surface area (Å²) >= 11 is 0. The zero-order chi connectivity index (χ0) is 15.4. The van der Waals surface area contributed by atoms with Crippen molar-refractivity contribution in [2.24, 2.45) is 0 Å². The van der Waals surface area contributed by atoms with Gasteiger partial charge in [-0.3, -0.25) is 4.79 Å². The number of hydrogen-bond donors (Lipinski definition) is 1. The molecular weight excluding hydrogens is 282 g/mol. The fourth-order valence-electron chi connectivity index (χ4n) is 2.27. The Morgan fingerprint density at radius 3 is 2.68 bits per heavy atom. The second-order valence-corrected chi connectivity index (χ2v) is 4.87. The van der Waals surface area contributed by atoms with Crippen LogP contribution in [0.2, 0.25) is 0 Å². The molecule has 0 saturated carbocycles. The monoisotopic (exact) mass is 299 g/mol. The molecule has 22 heavy (non-hydrogen) atoms. The highest BCUT2D eigenvalue weighted by Crippen LogP contribution is 2.32. The van der Waals surface area contributed by atoms with E-state index in [1.807, 2.05) is 6.07 Å². The first-order valence-corrected chi connectivity index (χ1v) is 7.12. The number of anilines is 1. The first-order valence-electron chi connectivity index (χ1n) is 7.12. The Labute approximate surface area is 128 Å². The number of carbonyl (C=O) groups is 1. The highest BCUT2D eigenvalue weighted by Gasteiger charge is 2.14. The Hall–Kier alpha value is -2.69. The lowest BCUT2D eigenvalue weighted by atomic mass is 10.2. The summed E-state index contributed by atoms with van der Waals surface area (Å²) in [6.45, 7) is 1.25. The maximum atomic E-state index is 12.4. The normalized spacial score (nSPS) is 13.1. The van der Waals surface area contributed by atoms with Crippen LogP contribution in [0.4, 0.5) is 5.69 Å². The summed E-state index contributed by atoms with van der Waals surface area (Å²) in [5.74, 6) is 1.66. The maximum Gasteiger partial charge on any atom is 0.259 e. The summed E-state index contributed by atoms with van der Waals surface area (Å²) in [7, 11) is 1.54. The van der Waals surface area contributed by atoms with E-state index in [2.05, 4.69) is 5.32 Å². The third-order valence-corrected chi connectivity index (χ3v) is 3.36. The Balaban J connectivity index is 1.81. The Morgan fingerprint density at radius 1 is 1.09 bits per heavy atom. The van der Waals surface area contributed by atoms with Gasteiger partial charge in [0.05, 0.1) is 25.9 Å². The molecule has 1 aliphatic heterocycles. The van der Waals surface area contributed by atoms with Gasteiger partial charge in [-0.05, 0) is 24.3 Å². The quantitative estimate of drug-likeness (QED) is 0.946. The van der Waals surface area contributed by atoms with Crippen LogP contribution in [0.1, 0.15) is 16.8 Å². The average molecular weight is 299 g/mol. The minimum absolute atomic E-state index is 0.230. The van der Waals surface area contributed by atoms with Crippen molar-refractivity contribution in [2.45, 2.75) is 6.42 Å². The molecule has 0 bridgehead atoms. The summed E-state index contributed by atoms with van der Waals surface area (Å²) in [5.41, 5.74) is 1.14. The number of fused-ring (bicyclic) bond motifs is 1. The molecule has 0 aliphatic carbocycles. The van der Waals surface area contributed by atoms with E-state index >= 15 is 0 Å². The molecule has 1 amide bonds. The summed E-state index contributed by atoms with van der Waals surface area (Å²) < 4.78 is 16.4. The Morgan fingerprint density at radius 2 is 1.86 bits per heavy atom. The van der Waals surface area contributed by atoms with E-state index in [0.29, 0.717) is 41.7 Å². The molecule has 114 valence electrons. The van der Waals surface area contributed by atoms with E-state index in [4.69, 9.17) is 14.2 Å². The van der Waals surface area contributed by atoms with Gasteiger partial charge in [-0.25, -0.2) is 0 Å². The van der Waals surface area contributed by atoms with Crippen molar-refractivity contribution in [1.82, 2.24) is 0 Å². The van der Waals surface area contributed by atoms with E-state index in [9.17, 15) is 4.79 Å². The van der Waals surface area contributed by atoms with E-state index in [-0.39, 0.29) is 5.91 Å². The van der Waals surface area contributed by atoms with Crippen LogP contribution in [0.15, 0.2) is 42.5 Å². The van der Waals surface area contributed by atoms with Crippen molar-refractivity contribution >= 4 is 11.6 Å². The predicted molar refractivity (Wildman–Crippen MR) is 83.0 cm³/mol. The summed E-state index contributed by atoms with van der Waals surface area (Å²) in [4.78, 5) is 12.4. The average Bonchev–Trinajstić information content (AvgIpc) is 2.79. The first-order chi connectivity index (χ1) is 10.8. The summed E-state index contributed by atoms with van der Waals surface area (Å²) in [6, 6.07) is 12.5. The van der Waals surface area contributed by atoms with Crippen LogP contribution in [0, 0.1) is 0 Å². The Kier molecular flexibility index (Phi) is 4.14. The molecule has 0 unspecified atom stereocenters. The third-order valence-electron chi connectivity index (χ3n) is 3.36. The van der Waals surface area contributed by atoms with Crippen molar-refractivity contribution in [3.8, 4) is 17.2 Å². The van der Waals surface area contributed by atoms with Crippen molar-refractivity contribution in [2.75, 3.05) is 25.6 Å². The number of rotatable bonds is 3. The zero-order valence-electron chi connectivity index (χ0n) is 12.3. The van der Waals surface area contributed by atoms with E-state index in [1.54, 1.807) is 43.5 Å². The maximum absolute atomic E-state index is 12.4. The second kappa shape index (κ2) is 6.39. The lowest BCUT2D eigenvalue weighted by molar-refractivity contribution is 0.102. The fraction of sp³-hybridized carbons (Fsp3) is 0.235. The van der Waals surface area contributed by atoms with Gasteiger partial charge in [-0.15, -0.1) is 0 Å². The van der Waals surface area contributed by atoms with Gasteiger partial charge < -0.3 is 19.5 Å². The first kappa shape index (κ1) is 14.3. The van der Waals surface area contributed by atoms with Gasteiger partial charge in [0.15, 0.2) is 11.5 Å². The zero-order valence-corrected chi connectivity index (χ0v) is 12.3. The molecule has 0 spiro atoms. The van der Waals surface area contributed by atoms with Crippen molar-refractivity contribution < 1.29 is 19.0 Å². The molecule has 0 saturated heterocycles. The minimum atomic E-state index is -0.230. The molecule has 0 radical (unpaired) electrons. The van der Waals surface area contributed by atoms with Crippen molar-refractivity contribution in [3.63, 3.8) is 0 Å². The van der Waals surface area contributed by atoms with E-state index in [1.165, 1.54) is 0 Å². The number of nitrogens with one attached hydrogen (secondary N) is 1. The molecule has 2 aromatic carbocycles. The largest absolute Gasteiger partial charge is 0.496 e. The highest BCUT2D eigenvalue weighted by atomic mass is 16.5. The molecule has 5 nitrogen and oxygen atoms in total. The molecule has 1 aliphatic rings. The minimum Gasteiger partial charge on any atom is -0.496 e. The number of amides is 1. The number of methoxy groups -OCH3 is 1. The molecule has 0 atom stereocenters. The number of carbonyl (C=O) groups excluding carboxylic acids is 1. The van der Waals surface area contributed by atoms with Gasteiger partial charge in [0, 0.05) is 18.2 Å². The SMILES string of the molecule is COc1ccccc1C(=O)Nc1ccc2c(c1)OCCCO2. The van der Waals surface area contributed by atoms with Gasteiger partial charge in [0.1, 0.15) is 5.75 Å². The van der Waals surface area contributed by atoms with Gasteiger partial charge >= 0.3 is 0 Å². The van der Waals surface area contributed by atoms with Gasteiger partial charge in [0.2, 0.25) is 0 Å². The molecule has 1 heterocycles. The fourth-order valence-corrected chi connectivity index (χ4v) is 2.27. The smallest absolute Gasteiger partial charge is 0.259 e. The second-order valence-electron chi connectivity index (χ2n) is 4.87. The number of hydrogen-bond acceptors (Lipinski definition) is 4. The van der Waals surface area contributed by atoms with Crippen LogP contribution < -0.4 is 19.5 Å². The molecule has 1 N–H and O–H groups in total. The lowest BCUT2D eigenvalue weighted by Gasteiger charge is -2.11. The van der Waals surface area contributed by atoms with Crippen LogP contribution in [-0.2, 0) is 0 Å². The number of benzene rings is 2. The molecular formula is C17H17NO4. The molecule has 3 rings (SSSR count). The van der Waals surface area contributed by atoms with Crippen LogP contribution in [0.3, 0.4) is 0 Å². The van der Waals surface area contributed by atoms with Gasteiger partial charge in [-0.2, -0.15) is 0 Å². The molecule has 2 aromatic rings. The Bertz CT molecular complexity index is 684. The molecule has 0 aromatic heterocycles. The van der Waals surface area contributed by atoms with Crippen molar-refractivity contribution in [1.29, 1.82) is 0 Å². The molecule has 0 fully saturated rings. The highest BCUT2D eigenvalue weighted by molar-refractivity contribution is 6.06. The van der Waals surface area contributed by atoms with Crippen LogP contribution in [0.25, 0.3) is 0 Å². The third kappa shape index (κ3) is 2.98. The summed E-state index contributed by atoms with van der Waals surface area (Å²) in [6.07, 6.45) is 0.845.